The Labute approximate surface area is 223 Å². The van der Waals surface area contributed by atoms with Crippen molar-refractivity contribution >= 4 is 30.4 Å². The summed E-state index contributed by atoms with van der Waals surface area (Å²) in [4.78, 5) is 27.2. The second kappa shape index (κ2) is 11.4. The summed E-state index contributed by atoms with van der Waals surface area (Å²) in [6.45, 7) is 7.14. The average molecular weight is 520 g/mol. The van der Waals surface area contributed by atoms with Crippen LogP contribution in [-0.4, -0.2) is 20.0 Å². The molecule has 7 heteroatoms. The van der Waals surface area contributed by atoms with Crippen molar-refractivity contribution in [1.82, 2.24) is 0 Å². The zero-order valence-corrected chi connectivity index (χ0v) is 22.7. The molecule has 0 aliphatic carbocycles. The number of hydrogen-bond acceptors (Lipinski definition) is 3. The van der Waals surface area contributed by atoms with Crippen molar-refractivity contribution in [3.8, 4) is 0 Å². The van der Waals surface area contributed by atoms with Crippen molar-refractivity contribution in [2.24, 2.45) is 5.11 Å². The normalized spacial score (nSPS) is 11.4. The van der Waals surface area contributed by atoms with Crippen LogP contribution in [0, 0.1) is 0 Å². The Kier molecular flexibility index (Phi) is 8.03. The van der Waals surface area contributed by atoms with Gasteiger partial charge in [0.15, 0.2) is 5.78 Å². The summed E-state index contributed by atoms with van der Waals surface area (Å²) >= 11 is 0. The number of ketones is 1. The molecule has 0 heterocycles. The molecule has 190 valence electrons. The maximum Gasteiger partial charge on any atom is 0.261 e. The Morgan fingerprint density at radius 3 is 1.63 bits per heavy atom. The summed E-state index contributed by atoms with van der Waals surface area (Å²) in [5.41, 5.74) is 10.6. The summed E-state index contributed by atoms with van der Waals surface area (Å²) in [7, 11) is -2.67. The van der Waals surface area contributed by atoms with Gasteiger partial charge in [-0.1, -0.05) is 130 Å². The molecule has 0 aliphatic rings. The van der Waals surface area contributed by atoms with E-state index in [1.165, 1.54) is 22.5 Å². The van der Waals surface area contributed by atoms with Gasteiger partial charge in [0.05, 0.1) is 6.61 Å². The minimum atomic E-state index is -2.67. The number of benzene rings is 4. The summed E-state index contributed by atoms with van der Waals surface area (Å²) in [5.74, 6) is -0.844. The molecule has 6 nitrogen and oxygen atoms in total. The number of carbonyl (C=O) groups excluding carboxylic acids is 2. The van der Waals surface area contributed by atoms with Crippen LogP contribution in [0.15, 0.2) is 114 Å². The SMILES string of the molecule is CC(C)(C)[Si](OCc1ccc(C(=O)c2ccc(C(=O)N=[N+]=[N-])cc2)cc1)(c1ccccc1)c1ccccc1. The van der Waals surface area contributed by atoms with Crippen LogP contribution in [0.3, 0.4) is 0 Å². The number of amides is 1. The topological polar surface area (TPSA) is 92.1 Å². The molecule has 1 amide bonds. The smallest absolute Gasteiger partial charge is 0.261 e. The lowest BCUT2D eigenvalue weighted by Crippen LogP contribution is -2.66. The van der Waals surface area contributed by atoms with Crippen molar-refractivity contribution in [3.63, 3.8) is 0 Å². The van der Waals surface area contributed by atoms with E-state index in [1.54, 1.807) is 24.3 Å². The van der Waals surface area contributed by atoms with E-state index in [4.69, 9.17) is 9.96 Å². The van der Waals surface area contributed by atoms with Gasteiger partial charge in [0.2, 0.25) is 5.91 Å². The number of azide groups is 1. The second-order valence-corrected chi connectivity index (χ2v) is 14.4. The number of carbonyl (C=O) groups is 2. The van der Waals surface area contributed by atoms with Gasteiger partial charge in [-0.15, -0.1) is 0 Å². The molecule has 0 aromatic heterocycles. The van der Waals surface area contributed by atoms with Crippen LogP contribution in [0.4, 0.5) is 0 Å². The summed E-state index contributed by atoms with van der Waals surface area (Å²) < 4.78 is 6.98. The van der Waals surface area contributed by atoms with E-state index in [0.29, 0.717) is 17.7 Å². The van der Waals surface area contributed by atoms with E-state index in [9.17, 15) is 9.59 Å². The zero-order valence-electron chi connectivity index (χ0n) is 21.7. The maximum atomic E-state index is 13.0. The molecule has 4 aromatic carbocycles. The number of nitrogens with zero attached hydrogens (tertiary/aromatic N) is 3. The van der Waals surface area contributed by atoms with Crippen LogP contribution in [0.25, 0.3) is 10.4 Å². The quantitative estimate of drug-likeness (QED) is 0.0881. The van der Waals surface area contributed by atoms with Gasteiger partial charge in [0.1, 0.15) is 0 Å². The van der Waals surface area contributed by atoms with E-state index < -0.39 is 14.2 Å². The van der Waals surface area contributed by atoms with Crippen molar-refractivity contribution in [1.29, 1.82) is 0 Å². The fourth-order valence-corrected chi connectivity index (χ4v) is 9.27. The van der Waals surface area contributed by atoms with Gasteiger partial charge in [0.25, 0.3) is 8.32 Å². The van der Waals surface area contributed by atoms with E-state index in [0.717, 1.165) is 5.56 Å². The number of hydrogen-bond donors (Lipinski definition) is 0. The molecular weight excluding hydrogens is 490 g/mol. The van der Waals surface area contributed by atoms with Crippen LogP contribution < -0.4 is 10.4 Å². The van der Waals surface area contributed by atoms with Crippen molar-refractivity contribution in [3.05, 3.63) is 142 Å². The molecule has 0 saturated carbocycles. The first kappa shape index (κ1) is 26.8. The summed E-state index contributed by atoms with van der Waals surface area (Å²) in [6, 6.07) is 34.5. The third kappa shape index (κ3) is 5.50. The van der Waals surface area contributed by atoms with E-state index in [1.807, 2.05) is 24.3 Å². The molecule has 4 aromatic rings. The predicted molar refractivity (Wildman–Crippen MR) is 152 cm³/mol. The molecule has 0 saturated heterocycles. The molecule has 0 aliphatic heterocycles. The molecule has 0 bridgehead atoms. The van der Waals surface area contributed by atoms with Gasteiger partial charge in [-0.25, -0.2) is 0 Å². The van der Waals surface area contributed by atoms with Crippen molar-refractivity contribution in [2.75, 3.05) is 0 Å². The minimum Gasteiger partial charge on any atom is -0.403 e. The molecule has 0 radical (unpaired) electrons. The lowest BCUT2D eigenvalue weighted by atomic mass is 10.0. The van der Waals surface area contributed by atoms with Gasteiger partial charge < -0.3 is 4.43 Å². The third-order valence-corrected chi connectivity index (χ3v) is 11.6. The van der Waals surface area contributed by atoms with Gasteiger partial charge >= 0.3 is 0 Å². The molecular formula is C31H29N3O3Si. The summed E-state index contributed by atoms with van der Waals surface area (Å²) in [6.07, 6.45) is 0. The Morgan fingerprint density at radius 1 is 0.737 bits per heavy atom. The van der Waals surface area contributed by atoms with Gasteiger partial charge in [-0.3, -0.25) is 9.59 Å². The molecule has 4 rings (SSSR count). The molecule has 0 spiro atoms. The first-order valence-electron chi connectivity index (χ1n) is 12.3. The van der Waals surface area contributed by atoms with Gasteiger partial charge in [-0.05, 0) is 31.6 Å². The lowest BCUT2D eigenvalue weighted by molar-refractivity contribution is 0.0997. The number of rotatable bonds is 8. The highest BCUT2D eigenvalue weighted by atomic mass is 28.4. The third-order valence-electron chi connectivity index (χ3n) is 6.62. The first-order valence-corrected chi connectivity index (χ1v) is 14.3. The van der Waals surface area contributed by atoms with Crippen LogP contribution in [-0.2, 0) is 11.0 Å². The summed E-state index contributed by atoms with van der Waals surface area (Å²) in [5, 5.41) is 5.38. The van der Waals surface area contributed by atoms with Gasteiger partial charge in [0, 0.05) is 21.6 Å². The monoisotopic (exact) mass is 519 g/mol. The van der Waals surface area contributed by atoms with Crippen LogP contribution in [0.5, 0.6) is 0 Å². The lowest BCUT2D eigenvalue weighted by Gasteiger charge is -2.43. The molecule has 0 unspecified atom stereocenters. The van der Waals surface area contributed by atoms with Crippen LogP contribution in [0.2, 0.25) is 5.04 Å². The molecule has 0 fully saturated rings. The second-order valence-electron chi connectivity index (χ2n) is 10.0. The highest BCUT2D eigenvalue weighted by Crippen LogP contribution is 2.37. The molecule has 38 heavy (non-hydrogen) atoms. The van der Waals surface area contributed by atoms with Gasteiger partial charge in [-0.2, -0.15) is 0 Å². The highest BCUT2D eigenvalue weighted by Gasteiger charge is 2.50. The van der Waals surface area contributed by atoms with E-state index in [2.05, 4.69) is 79.3 Å². The van der Waals surface area contributed by atoms with Crippen LogP contribution >= 0.6 is 0 Å². The minimum absolute atomic E-state index is 0.127. The van der Waals surface area contributed by atoms with Crippen molar-refractivity contribution in [2.45, 2.75) is 32.4 Å². The predicted octanol–water partition coefficient (Wildman–Crippen LogP) is 6.44. The van der Waals surface area contributed by atoms with Crippen molar-refractivity contribution < 1.29 is 14.0 Å². The largest absolute Gasteiger partial charge is 0.403 e. The Hall–Kier alpha value is -4.29. The Balaban J connectivity index is 1.58. The van der Waals surface area contributed by atoms with Crippen LogP contribution in [0.1, 0.15) is 52.6 Å². The standard InChI is InChI=1S/C31H29N3O3Si/c1-31(2,3)38(27-10-6-4-7-11-27,28-12-8-5-9-13-28)37-22-23-14-16-24(17-15-23)29(35)25-18-20-26(21-19-25)30(36)33-34-32/h4-21H,22H2,1-3H3. The maximum absolute atomic E-state index is 13.0. The first-order chi connectivity index (χ1) is 18.3. The van der Waals surface area contributed by atoms with E-state index in [-0.39, 0.29) is 16.4 Å². The zero-order chi connectivity index (χ0) is 27.2. The average Bonchev–Trinajstić information content (AvgIpc) is 2.94. The molecule has 0 N–H and O–H groups in total. The fourth-order valence-electron chi connectivity index (χ4n) is 4.73. The van der Waals surface area contributed by atoms with E-state index >= 15 is 0 Å². The Morgan fingerprint density at radius 2 is 1.18 bits per heavy atom. The fraction of sp³-hybridized carbons (Fsp3) is 0.161. The molecule has 0 atom stereocenters. The Bertz CT molecular complexity index is 1420. The highest BCUT2D eigenvalue weighted by molar-refractivity contribution is 6.99.